The Bertz CT molecular complexity index is 1120. The summed E-state index contributed by atoms with van der Waals surface area (Å²) >= 11 is 0. The zero-order chi connectivity index (χ0) is 24.8. The lowest BCUT2D eigenvalue weighted by Crippen LogP contribution is -2.14. The molecule has 1 aliphatic carbocycles. The summed E-state index contributed by atoms with van der Waals surface area (Å²) in [5.74, 6) is -0.133. The van der Waals surface area contributed by atoms with E-state index in [1.807, 2.05) is 6.92 Å². The lowest BCUT2D eigenvalue weighted by Gasteiger charge is -2.29. The molecular formula is C30H33F3O2. The van der Waals surface area contributed by atoms with Crippen LogP contribution in [-0.4, -0.2) is 6.61 Å². The summed E-state index contributed by atoms with van der Waals surface area (Å²) in [6.07, 6.45) is 6.40. The van der Waals surface area contributed by atoms with Gasteiger partial charge < -0.3 is 9.47 Å². The zero-order valence-electron chi connectivity index (χ0n) is 20.5. The second-order valence-electron chi connectivity index (χ2n) is 9.34. The van der Waals surface area contributed by atoms with Gasteiger partial charge in [0.1, 0.15) is 23.9 Å². The topological polar surface area (TPSA) is 18.5 Å². The van der Waals surface area contributed by atoms with Gasteiger partial charge in [-0.25, -0.2) is 13.2 Å². The molecule has 1 aliphatic rings. The minimum absolute atomic E-state index is 0.0514. The SMILES string of the molecule is CCCC1CCC(c2ccc(-c3ccc(OCc4ccc(OCC)cc4F)cc3)c(F)c2F)CC1. The predicted molar refractivity (Wildman–Crippen MR) is 133 cm³/mol. The Kier molecular flexibility index (Phi) is 8.37. The van der Waals surface area contributed by atoms with E-state index in [1.54, 1.807) is 48.5 Å². The van der Waals surface area contributed by atoms with E-state index in [0.717, 1.165) is 31.6 Å². The van der Waals surface area contributed by atoms with Crippen LogP contribution in [0.15, 0.2) is 54.6 Å². The van der Waals surface area contributed by atoms with Crippen LogP contribution in [0, 0.1) is 23.4 Å². The number of hydrogen-bond donors (Lipinski definition) is 0. The van der Waals surface area contributed by atoms with E-state index in [9.17, 15) is 4.39 Å². The maximum absolute atomic E-state index is 15.0. The quantitative estimate of drug-likeness (QED) is 0.303. The van der Waals surface area contributed by atoms with Gasteiger partial charge in [0, 0.05) is 17.2 Å². The summed E-state index contributed by atoms with van der Waals surface area (Å²) in [6.45, 7) is 4.55. The molecule has 0 saturated heterocycles. The smallest absolute Gasteiger partial charge is 0.166 e. The maximum atomic E-state index is 15.0. The number of rotatable bonds is 9. The highest BCUT2D eigenvalue weighted by Crippen LogP contribution is 2.40. The molecule has 0 spiro atoms. The molecule has 35 heavy (non-hydrogen) atoms. The molecule has 0 unspecified atom stereocenters. The fourth-order valence-electron chi connectivity index (χ4n) is 5.07. The minimum atomic E-state index is -0.802. The average Bonchev–Trinajstić information content (AvgIpc) is 2.87. The molecule has 0 aliphatic heterocycles. The first-order chi connectivity index (χ1) is 17.0. The van der Waals surface area contributed by atoms with Gasteiger partial charge in [-0.15, -0.1) is 0 Å². The standard InChI is InChI=1S/C30H33F3O2/c1-3-5-20-6-8-21(9-7-20)26-16-17-27(30(33)29(26)32)22-10-13-24(14-11-22)35-19-23-12-15-25(34-4-2)18-28(23)31/h10-18,20-21H,3-9,19H2,1-2H3. The van der Waals surface area contributed by atoms with Crippen molar-refractivity contribution < 1.29 is 22.6 Å². The molecule has 1 fully saturated rings. The molecule has 4 rings (SSSR count). The van der Waals surface area contributed by atoms with Crippen LogP contribution in [0.1, 0.15) is 69.4 Å². The van der Waals surface area contributed by atoms with Crippen molar-refractivity contribution in [2.75, 3.05) is 6.61 Å². The molecule has 1 saturated carbocycles. The first-order valence-electron chi connectivity index (χ1n) is 12.6. The second-order valence-corrected chi connectivity index (χ2v) is 9.34. The van der Waals surface area contributed by atoms with Crippen molar-refractivity contribution in [1.29, 1.82) is 0 Å². The first-order valence-corrected chi connectivity index (χ1v) is 12.6. The molecule has 0 aromatic heterocycles. The van der Waals surface area contributed by atoms with Crippen LogP contribution in [0.25, 0.3) is 11.1 Å². The van der Waals surface area contributed by atoms with Crippen LogP contribution in [0.4, 0.5) is 13.2 Å². The Morgan fingerprint density at radius 3 is 2.14 bits per heavy atom. The van der Waals surface area contributed by atoms with Crippen molar-refractivity contribution >= 4 is 0 Å². The van der Waals surface area contributed by atoms with E-state index >= 15 is 8.78 Å². The van der Waals surface area contributed by atoms with Crippen LogP contribution in [0.2, 0.25) is 0 Å². The summed E-state index contributed by atoms with van der Waals surface area (Å²) in [5.41, 5.74) is 1.71. The van der Waals surface area contributed by atoms with Gasteiger partial charge in [-0.05, 0) is 79.8 Å². The van der Waals surface area contributed by atoms with Gasteiger partial charge in [-0.3, -0.25) is 0 Å². The van der Waals surface area contributed by atoms with Crippen molar-refractivity contribution in [2.24, 2.45) is 5.92 Å². The van der Waals surface area contributed by atoms with Gasteiger partial charge in [0.25, 0.3) is 0 Å². The Hall–Kier alpha value is -2.95. The van der Waals surface area contributed by atoms with Crippen LogP contribution in [0.3, 0.4) is 0 Å². The summed E-state index contributed by atoms with van der Waals surface area (Å²) in [5, 5.41) is 0. The lowest BCUT2D eigenvalue weighted by atomic mass is 9.77. The van der Waals surface area contributed by atoms with E-state index in [4.69, 9.17) is 9.47 Å². The van der Waals surface area contributed by atoms with Crippen LogP contribution in [0.5, 0.6) is 11.5 Å². The highest BCUT2D eigenvalue weighted by molar-refractivity contribution is 5.65. The fourth-order valence-corrected chi connectivity index (χ4v) is 5.07. The van der Waals surface area contributed by atoms with Crippen LogP contribution in [-0.2, 0) is 6.61 Å². The molecule has 0 bridgehead atoms. The van der Waals surface area contributed by atoms with Gasteiger partial charge in [0.2, 0.25) is 0 Å². The first kappa shape index (κ1) is 25.2. The molecule has 2 nitrogen and oxygen atoms in total. The lowest BCUT2D eigenvalue weighted by molar-refractivity contribution is 0.298. The highest BCUT2D eigenvalue weighted by atomic mass is 19.2. The Balaban J connectivity index is 1.41. The van der Waals surface area contributed by atoms with Gasteiger partial charge in [-0.2, -0.15) is 0 Å². The average molecular weight is 483 g/mol. The fraction of sp³-hybridized carbons (Fsp3) is 0.400. The Morgan fingerprint density at radius 2 is 1.49 bits per heavy atom. The molecule has 0 N–H and O–H groups in total. The molecule has 0 amide bonds. The predicted octanol–water partition coefficient (Wildman–Crippen LogP) is 8.82. The summed E-state index contributed by atoms with van der Waals surface area (Å²) in [6, 6.07) is 14.8. The largest absolute Gasteiger partial charge is 0.494 e. The summed E-state index contributed by atoms with van der Waals surface area (Å²) in [4.78, 5) is 0. The minimum Gasteiger partial charge on any atom is -0.494 e. The third-order valence-corrected chi connectivity index (χ3v) is 6.99. The van der Waals surface area contributed by atoms with E-state index in [1.165, 1.54) is 18.9 Å². The number of hydrogen-bond acceptors (Lipinski definition) is 2. The van der Waals surface area contributed by atoms with Gasteiger partial charge >= 0.3 is 0 Å². The van der Waals surface area contributed by atoms with Gasteiger partial charge in [0.15, 0.2) is 11.6 Å². The van der Waals surface area contributed by atoms with Gasteiger partial charge in [0.05, 0.1) is 6.61 Å². The number of halogens is 3. The van der Waals surface area contributed by atoms with E-state index in [0.29, 0.717) is 34.8 Å². The highest BCUT2D eigenvalue weighted by Gasteiger charge is 2.26. The maximum Gasteiger partial charge on any atom is 0.166 e. The van der Waals surface area contributed by atoms with Crippen LogP contribution < -0.4 is 9.47 Å². The van der Waals surface area contributed by atoms with E-state index in [2.05, 4.69) is 6.92 Å². The zero-order valence-corrected chi connectivity index (χ0v) is 20.5. The summed E-state index contributed by atoms with van der Waals surface area (Å²) in [7, 11) is 0. The Labute approximate surface area is 206 Å². The van der Waals surface area contributed by atoms with E-state index in [-0.39, 0.29) is 18.1 Å². The van der Waals surface area contributed by atoms with Crippen LogP contribution >= 0.6 is 0 Å². The normalized spacial score (nSPS) is 17.9. The van der Waals surface area contributed by atoms with Crippen molar-refractivity contribution in [2.45, 2.75) is 64.9 Å². The summed E-state index contributed by atoms with van der Waals surface area (Å²) < 4.78 is 55.3. The van der Waals surface area contributed by atoms with Crippen molar-refractivity contribution in [3.05, 3.63) is 83.2 Å². The third kappa shape index (κ3) is 6.01. The molecule has 186 valence electrons. The molecular weight excluding hydrogens is 449 g/mol. The van der Waals surface area contributed by atoms with Crippen molar-refractivity contribution in [3.63, 3.8) is 0 Å². The van der Waals surface area contributed by atoms with Crippen molar-refractivity contribution in [1.82, 2.24) is 0 Å². The molecule has 3 aromatic rings. The molecule has 0 heterocycles. The molecule has 3 aromatic carbocycles. The van der Waals surface area contributed by atoms with Crippen molar-refractivity contribution in [3.8, 4) is 22.6 Å². The van der Waals surface area contributed by atoms with E-state index < -0.39 is 17.5 Å². The molecule has 5 heteroatoms. The molecule has 0 atom stereocenters. The number of benzene rings is 3. The Morgan fingerprint density at radius 1 is 0.771 bits per heavy atom. The monoisotopic (exact) mass is 482 g/mol. The number of ether oxygens (including phenoxy) is 2. The second kappa shape index (κ2) is 11.7. The van der Waals surface area contributed by atoms with Gasteiger partial charge in [-0.1, -0.05) is 44.0 Å². The third-order valence-electron chi connectivity index (χ3n) is 6.99. The molecule has 0 radical (unpaired) electrons.